The van der Waals surface area contributed by atoms with Crippen LogP contribution in [-0.2, 0) is 14.3 Å². The Morgan fingerprint density at radius 1 is 1.64 bits per heavy atom. The smallest absolute Gasteiger partial charge is 0.332 e. The predicted octanol–water partition coefficient (Wildman–Crippen LogP) is 0.765. The SMILES string of the molecule is COC(=O)[C@@H]1[C@@H](F)SC(C)(C)N1C=O. The molecule has 0 unspecified atom stereocenters. The molecule has 1 aliphatic heterocycles. The molecule has 0 aromatic rings. The van der Waals surface area contributed by atoms with E-state index in [0.29, 0.717) is 6.41 Å². The van der Waals surface area contributed by atoms with Gasteiger partial charge in [-0.05, 0) is 13.8 Å². The van der Waals surface area contributed by atoms with Crippen LogP contribution in [0.15, 0.2) is 0 Å². The number of halogens is 1. The van der Waals surface area contributed by atoms with Crippen molar-refractivity contribution in [2.45, 2.75) is 30.3 Å². The fourth-order valence-corrected chi connectivity index (χ4v) is 2.60. The van der Waals surface area contributed by atoms with Crippen molar-refractivity contribution in [2.24, 2.45) is 0 Å². The van der Waals surface area contributed by atoms with E-state index in [-0.39, 0.29) is 0 Å². The summed E-state index contributed by atoms with van der Waals surface area (Å²) in [6.45, 7) is 3.36. The van der Waals surface area contributed by atoms with E-state index in [1.165, 1.54) is 7.11 Å². The van der Waals surface area contributed by atoms with E-state index < -0.39 is 22.4 Å². The van der Waals surface area contributed by atoms with Crippen molar-refractivity contribution in [3.05, 3.63) is 0 Å². The van der Waals surface area contributed by atoms with Crippen molar-refractivity contribution in [1.29, 1.82) is 0 Å². The first-order chi connectivity index (χ1) is 6.44. The number of alkyl halides is 1. The molecule has 1 saturated heterocycles. The lowest BCUT2D eigenvalue weighted by Crippen LogP contribution is -2.46. The summed E-state index contributed by atoms with van der Waals surface area (Å²) < 4.78 is 17.9. The van der Waals surface area contributed by atoms with E-state index in [1.807, 2.05) is 0 Å². The van der Waals surface area contributed by atoms with Gasteiger partial charge in [-0.2, -0.15) is 0 Å². The van der Waals surface area contributed by atoms with Gasteiger partial charge in [0.15, 0.2) is 11.5 Å². The second kappa shape index (κ2) is 3.76. The summed E-state index contributed by atoms with van der Waals surface area (Å²) in [6, 6.07) is -1.13. The summed E-state index contributed by atoms with van der Waals surface area (Å²) >= 11 is 0.934. The van der Waals surface area contributed by atoms with Crippen LogP contribution in [0.2, 0.25) is 0 Å². The third kappa shape index (κ3) is 1.70. The number of esters is 1. The molecule has 80 valence electrons. The Morgan fingerprint density at radius 2 is 2.21 bits per heavy atom. The lowest BCUT2D eigenvalue weighted by Gasteiger charge is -2.28. The maximum absolute atomic E-state index is 13.4. The average Bonchev–Trinajstić information content (AvgIpc) is 2.33. The fraction of sp³-hybridized carbons (Fsp3) is 0.750. The van der Waals surface area contributed by atoms with Gasteiger partial charge in [-0.3, -0.25) is 4.79 Å². The van der Waals surface area contributed by atoms with Crippen molar-refractivity contribution in [2.75, 3.05) is 7.11 Å². The van der Waals surface area contributed by atoms with Gasteiger partial charge in [0.2, 0.25) is 6.41 Å². The minimum Gasteiger partial charge on any atom is -0.467 e. The quantitative estimate of drug-likeness (QED) is 0.510. The highest BCUT2D eigenvalue weighted by atomic mass is 32.2. The Labute approximate surface area is 85.8 Å². The molecule has 4 nitrogen and oxygen atoms in total. The third-order valence-electron chi connectivity index (χ3n) is 2.13. The molecule has 1 amide bonds. The Hall–Kier alpha value is -0.780. The van der Waals surface area contributed by atoms with Crippen LogP contribution in [0.4, 0.5) is 4.39 Å². The molecule has 0 aromatic heterocycles. The number of amides is 1. The van der Waals surface area contributed by atoms with E-state index >= 15 is 0 Å². The number of thioether (sulfide) groups is 1. The second-order valence-corrected chi connectivity index (χ2v) is 5.08. The van der Waals surface area contributed by atoms with Gasteiger partial charge in [0, 0.05) is 0 Å². The zero-order valence-corrected chi connectivity index (χ0v) is 9.01. The molecule has 1 fully saturated rings. The lowest BCUT2D eigenvalue weighted by atomic mass is 10.2. The summed E-state index contributed by atoms with van der Waals surface area (Å²) in [5.41, 5.74) is -1.43. The number of rotatable bonds is 2. The van der Waals surface area contributed by atoms with Gasteiger partial charge in [0.25, 0.3) is 0 Å². The molecule has 0 aromatic carbocycles. The zero-order chi connectivity index (χ0) is 10.9. The van der Waals surface area contributed by atoms with E-state index in [1.54, 1.807) is 13.8 Å². The Kier molecular flexibility index (Phi) is 3.04. The van der Waals surface area contributed by atoms with Gasteiger partial charge in [0.1, 0.15) is 0 Å². The molecule has 0 radical (unpaired) electrons. The van der Waals surface area contributed by atoms with Crippen LogP contribution < -0.4 is 0 Å². The van der Waals surface area contributed by atoms with Gasteiger partial charge < -0.3 is 9.64 Å². The Balaban J connectivity index is 2.94. The van der Waals surface area contributed by atoms with E-state index in [0.717, 1.165) is 16.7 Å². The normalized spacial score (nSPS) is 30.1. The van der Waals surface area contributed by atoms with Crippen LogP contribution in [0.3, 0.4) is 0 Å². The summed E-state index contributed by atoms with van der Waals surface area (Å²) in [6.07, 6.45) is 0.480. The maximum Gasteiger partial charge on any atom is 0.332 e. The zero-order valence-electron chi connectivity index (χ0n) is 8.19. The second-order valence-electron chi connectivity index (χ2n) is 3.40. The molecule has 0 bridgehead atoms. The van der Waals surface area contributed by atoms with Crippen LogP contribution in [-0.4, -0.2) is 40.8 Å². The Morgan fingerprint density at radius 3 is 2.64 bits per heavy atom. The van der Waals surface area contributed by atoms with Crippen LogP contribution >= 0.6 is 11.8 Å². The van der Waals surface area contributed by atoms with Gasteiger partial charge in [-0.25, -0.2) is 9.18 Å². The summed E-state index contributed by atoms with van der Waals surface area (Å²) in [7, 11) is 1.17. The summed E-state index contributed by atoms with van der Waals surface area (Å²) in [5.74, 6) is -0.720. The van der Waals surface area contributed by atoms with Crippen LogP contribution in [0, 0.1) is 0 Å². The first kappa shape index (κ1) is 11.3. The number of ether oxygens (including phenoxy) is 1. The fourth-order valence-electron chi connectivity index (χ4n) is 1.40. The molecule has 0 N–H and O–H groups in total. The monoisotopic (exact) mass is 221 g/mol. The van der Waals surface area contributed by atoms with Crippen molar-refractivity contribution in [3.63, 3.8) is 0 Å². The number of carbonyl (C=O) groups is 2. The minimum absolute atomic E-state index is 0.480. The van der Waals surface area contributed by atoms with E-state index in [4.69, 9.17) is 0 Å². The highest BCUT2D eigenvalue weighted by Crippen LogP contribution is 2.43. The lowest BCUT2D eigenvalue weighted by molar-refractivity contribution is -0.151. The van der Waals surface area contributed by atoms with Gasteiger partial charge in [0.05, 0.1) is 12.0 Å². The predicted molar refractivity (Wildman–Crippen MR) is 50.3 cm³/mol. The number of carbonyl (C=O) groups excluding carboxylic acids is 2. The van der Waals surface area contributed by atoms with Crippen molar-refractivity contribution in [3.8, 4) is 0 Å². The first-order valence-electron chi connectivity index (χ1n) is 4.07. The molecular formula is C8H12FNO3S. The number of nitrogens with zero attached hydrogens (tertiary/aromatic N) is 1. The third-order valence-corrected chi connectivity index (χ3v) is 3.40. The number of methoxy groups -OCH3 is 1. The Bertz CT molecular complexity index is 259. The number of hydrogen-bond donors (Lipinski definition) is 0. The molecule has 1 rings (SSSR count). The average molecular weight is 221 g/mol. The molecule has 0 saturated carbocycles. The van der Waals surface area contributed by atoms with Crippen LogP contribution in [0.25, 0.3) is 0 Å². The molecule has 0 spiro atoms. The summed E-state index contributed by atoms with van der Waals surface area (Å²) in [4.78, 5) is 22.4. The molecule has 0 aliphatic carbocycles. The van der Waals surface area contributed by atoms with Crippen molar-refractivity contribution >= 4 is 24.1 Å². The topological polar surface area (TPSA) is 46.6 Å². The first-order valence-corrected chi connectivity index (χ1v) is 4.95. The van der Waals surface area contributed by atoms with Crippen LogP contribution in [0.1, 0.15) is 13.8 Å². The van der Waals surface area contributed by atoms with Crippen molar-refractivity contribution < 1.29 is 18.7 Å². The number of hydrogen-bond acceptors (Lipinski definition) is 4. The van der Waals surface area contributed by atoms with E-state index in [9.17, 15) is 14.0 Å². The highest BCUT2D eigenvalue weighted by Gasteiger charge is 2.51. The van der Waals surface area contributed by atoms with Crippen molar-refractivity contribution in [1.82, 2.24) is 4.90 Å². The minimum atomic E-state index is -1.43. The van der Waals surface area contributed by atoms with E-state index in [2.05, 4.69) is 4.74 Å². The highest BCUT2D eigenvalue weighted by molar-refractivity contribution is 8.01. The molecule has 1 heterocycles. The molecule has 14 heavy (non-hydrogen) atoms. The molecular weight excluding hydrogens is 209 g/mol. The molecule has 6 heteroatoms. The molecule has 1 aliphatic rings. The summed E-state index contributed by atoms with van der Waals surface area (Å²) in [5, 5.41) is 0. The molecule has 2 atom stereocenters. The van der Waals surface area contributed by atoms with Gasteiger partial charge >= 0.3 is 5.97 Å². The standard InChI is InChI=1S/C8H12FNO3S/c1-8(2)10(4-11)5(6(9)14-8)7(12)13-3/h4-6H,1-3H3/t5-,6-/m0/s1. The van der Waals surface area contributed by atoms with Gasteiger partial charge in [-0.1, -0.05) is 11.8 Å². The van der Waals surface area contributed by atoms with Gasteiger partial charge in [-0.15, -0.1) is 0 Å². The maximum atomic E-state index is 13.4. The van der Waals surface area contributed by atoms with Crippen LogP contribution in [0.5, 0.6) is 0 Å². The largest absolute Gasteiger partial charge is 0.467 e.